The summed E-state index contributed by atoms with van der Waals surface area (Å²) in [6.45, 7) is 7.75. The summed E-state index contributed by atoms with van der Waals surface area (Å²) >= 11 is -2.14. The van der Waals surface area contributed by atoms with E-state index in [0.29, 0.717) is 5.92 Å². The van der Waals surface area contributed by atoms with Crippen LogP contribution in [0.3, 0.4) is 0 Å². The molecule has 0 aromatic heterocycles. The Hall–Kier alpha value is 0.559. The molecule has 2 nitrogen and oxygen atoms in total. The Labute approximate surface area is 55.1 Å². The molecule has 0 aliphatic heterocycles. The fourth-order valence-electron chi connectivity index (χ4n) is 0. The molecule has 0 bridgehead atoms. The molecule has 3 heteroatoms. The second-order valence-corrected chi connectivity index (χ2v) is 2.10. The molecule has 43 valence electrons. The molecule has 0 amide bonds. The maximum atomic E-state index is 8.68. The van der Waals surface area contributed by atoms with Gasteiger partial charge in [-0.2, -0.15) is 0 Å². The summed E-state index contributed by atoms with van der Waals surface area (Å²) in [6, 6.07) is 0. The first-order valence-corrected chi connectivity index (χ1v) is 4.88. The monoisotopic (exact) mass is 211 g/mol. The van der Waals surface area contributed by atoms with Gasteiger partial charge in [-0.25, -0.2) is 0 Å². The van der Waals surface area contributed by atoms with Crippen molar-refractivity contribution < 1.29 is 6.52 Å². The molecule has 0 aromatic rings. The molecule has 0 atom stereocenters. The van der Waals surface area contributed by atoms with E-state index in [2.05, 4.69) is 20.8 Å². The Morgan fingerprint density at radius 3 is 1.71 bits per heavy atom. The maximum absolute atomic E-state index is 8.68. The van der Waals surface area contributed by atoms with E-state index < -0.39 is 21.5 Å². The van der Waals surface area contributed by atoms with Gasteiger partial charge in [0.15, 0.2) is 0 Å². The molecule has 0 unspecified atom stereocenters. The zero-order chi connectivity index (χ0) is 6.28. The van der Waals surface area contributed by atoms with Crippen molar-refractivity contribution >= 4 is 21.5 Å². The van der Waals surface area contributed by atoms with E-state index in [4.69, 9.17) is 6.52 Å². The molecule has 0 rings (SSSR count). The van der Waals surface area contributed by atoms with Crippen molar-refractivity contribution in [1.82, 2.24) is 0 Å². The summed E-state index contributed by atoms with van der Waals surface area (Å²) in [4.78, 5) is 0. The third kappa shape index (κ3) is 437. The first-order chi connectivity index (χ1) is 3.15. The molecule has 1 N–H and O–H groups in total. The van der Waals surface area contributed by atoms with Crippen molar-refractivity contribution in [2.24, 2.45) is 5.92 Å². The normalized spacial score (nSPS) is 7.00. The summed E-state index contributed by atoms with van der Waals surface area (Å²) in [5.74, 6) is 0.583. The van der Waals surface area contributed by atoms with Crippen LogP contribution in [0, 0.1) is 12.8 Å². The van der Waals surface area contributed by atoms with E-state index in [0.717, 1.165) is 0 Å². The van der Waals surface area contributed by atoms with Gasteiger partial charge in [-0.15, -0.1) is 0 Å². The second-order valence-electron chi connectivity index (χ2n) is 1.50. The van der Waals surface area contributed by atoms with Gasteiger partial charge in [0.25, 0.3) is 0 Å². The number of rotatable bonds is 0. The molecule has 1 radical (unpaired) electrons. The van der Waals surface area contributed by atoms with Crippen LogP contribution in [0.15, 0.2) is 0 Å². The molecule has 0 saturated carbocycles. The van der Waals surface area contributed by atoms with Crippen molar-refractivity contribution in [3.63, 3.8) is 0 Å². The molecule has 0 saturated heterocycles. The Morgan fingerprint density at radius 1 is 1.71 bits per heavy atom. The van der Waals surface area contributed by atoms with Gasteiger partial charge in [-0.1, -0.05) is 20.8 Å². The first kappa shape index (κ1) is 10.5. The summed E-state index contributed by atoms with van der Waals surface area (Å²) in [6.07, 6.45) is 0. The van der Waals surface area contributed by atoms with Crippen LogP contribution < -0.4 is 0 Å². The van der Waals surface area contributed by atoms with Crippen LogP contribution in [0.5, 0.6) is 0 Å². The quantitative estimate of drug-likeness (QED) is 0.577. The van der Waals surface area contributed by atoms with Crippen molar-refractivity contribution in [2.45, 2.75) is 13.8 Å². The van der Waals surface area contributed by atoms with Crippen molar-refractivity contribution in [3.8, 4) is 0 Å². The van der Waals surface area contributed by atoms with Crippen molar-refractivity contribution in [3.05, 3.63) is 6.92 Å². The van der Waals surface area contributed by atoms with Gasteiger partial charge in [0.05, 0.1) is 0 Å². The third-order valence-corrected chi connectivity index (χ3v) is 0. The zero-order valence-corrected chi connectivity index (χ0v) is 8.01. The van der Waals surface area contributed by atoms with Crippen molar-refractivity contribution in [1.29, 1.82) is 0 Å². The SMILES string of the molecule is [CH2]C(C)C.[O]=[SnH][OH]. The molecule has 0 heterocycles. The minimum absolute atomic E-state index is 0.583. The first-order valence-electron chi connectivity index (χ1n) is 2.06. The summed E-state index contributed by atoms with van der Waals surface area (Å²) in [7, 11) is 0. The van der Waals surface area contributed by atoms with E-state index in [1.807, 2.05) is 0 Å². The average Bonchev–Trinajstić information content (AvgIpc) is 1.33. The summed E-state index contributed by atoms with van der Waals surface area (Å²) < 4.78 is 15.9. The topological polar surface area (TPSA) is 37.3 Å². The Bertz CT molecular complexity index is 33.9. The van der Waals surface area contributed by atoms with Gasteiger partial charge in [0.1, 0.15) is 0 Å². The van der Waals surface area contributed by atoms with Crippen LogP contribution in [0.25, 0.3) is 0 Å². The van der Waals surface area contributed by atoms with Gasteiger partial charge < -0.3 is 0 Å². The zero-order valence-electron chi connectivity index (χ0n) is 4.72. The van der Waals surface area contributed by atoms with E-state index in [9.17, 15) is 0 Å². The van der Waals surface area contributed by atoms with Crippen LogP contribution >= 0.6 is 0 Å². The molecule has 0 spiro atoms. The molecule has 0 aromatic carbocycles. The standard InChI is InChI=1S/C4H9.H2O.O.Sn.H/c1-4(2)3;;;;/h4H,1H2,2-3H3;1H2;;;/q;;;+1;/p-1. The van der Waals surface area contributed by atoms with E-state index >= 15 is 0 Å². The predicted molar refractivity (Wildman–Crippen MR) is 30.2 cm³/mol. The fourth-order valence-corrected chi connectivity index (χ4v) is 0. The molecule has 0 aliphatic carbocycles. The number of hydrogen-bond acceptors (Lipinski definition) is 1. The van der Waals surface area contributed by atoms with Gasteiger partial charge in [-0.05, 0) is 5.92 Å². The van der Waals surface area contributed by atoms with E-state index in [1.54, 1.807) is 0 Å². The van der Waals surface area contributed by atoms with Gasteiger partial charge in [0.2, 0.25) is 0 Å². The number of hydrogen-bond donors (Lipinski definition) is 1. The molecular formula is C4H11O2Sn. The molecule has 0 fully saturated rings. The predicted octanol–water partition coefficient (Wildman–Crippen LogP) is 0.152. The molecule has 0 aliphatic rings. The fraction of sp³-hybridized carbons (Fsp3) is 0.750. The third-order valence-electron chi connectivity index (χ3n) is 0. The van der Waals surface area contributed by atoms with Crippen LogP contribution in [0.4, 0.5) is 0 Å². The van der Waals surface area contributed by atoms with Crippen LogP contribution in [0.1, 0.15) is 13.8 Å². The summed E-state index contributed by atoms with van der Waals surface area (Å²) in [5.41, 5.74) is 0. The van der Waals surface area contributed by atoms with Crippen LogP contribution in [0.2, 0.25) is 0 Å². The van der Waals surface area contributed by atoms with Crippen LogP contribution in [-0.2, 0) is 3.08 Å². The van der Waals surface area contributed by atoms with Gasteiger partial charge in [0, 0.05) is 0 Å². The van der Waals surface area contributed by atoms with Gasteiger partial charge in [-0.3, -0.25) is 0 Å². The van der Waals surface area contributed by atoms with Crippen LogP contribution in [-0.4, -0.2) is 25.0 Å². The Kier molecular flexibility index (Phi) is 14.7. The average molecular weight is 210 g/mol. The Balaban J connectivity index is 0. The molecule has 7 heavy (non-hydrogen) atoms. The summed E-state index contributed by atoms with van der Waals surface area (Å²) in [5, 5.41) is 0. The minimum atomic E-state index is -2.14. The van der Waals surface area contributed by atoms with E-state index in [1.165, 1.54) is 0 Å². The van der Waals surface area contributed by atoms with Crippen molar-refractivity contribution in [2.75, 3.05) is 0 Å². The van der Waals surface area contributed by atoms with E-state index in [-0.39, 0.29) is 0 Å². The second kappa shape index (κ2) is 9.75. The Morgan fingerprint density at radius 2 is 1.71 bits per heavy atom. The molecular weight excluding hydrogens is 199 g/mol. The van der Waals surface area contributed by atoms with Gasteiger partial charge >= 0.3 is 28.1 Å².